The fourth-order valence-corrected chi connectivity index (χ4v) is 1.67. The van der Waals surface area contributed by atoms with Crippen molar-refractivity contribution in [3.8, 4) is 0 Å². The van der Waals surface area contributed by atoms with Crippen LogP contribution in [0.4, 0.5) is 5.69 Å². The number of hydrazone groups is 1. The molecule has 0 saturated heterocycles. The number of benzene rings is 1. The Labute approximate surface area is 93.3 Å². The van der Waals surface area contributed by atoms with Gasteiger partial charge in [0.2, 0.25) is 0 Å². The Hall–Kier alpha value is -1.35. The van der Waals surface area contributed by atoms with Gasteiger partial charge in [0.15, 0.2) is 0 Å². The van der Waals surface area contributed by atoms with Gasteiger partial charge in [-0.2, -0.15) is 5.10 Å². The molecule has 0 bridgehead atoms. The molecule has 0 aromatic heterocycles. The van der Waals surface area contributed by atoms with Crippen molar-refractivity contribution in [2.75, 3.05) is 5.01 Å². The van der Waals surface area contributed by atoms with Crippen LogP contribution in [0.5, 0.6) is 0 Å². The predicted octanol–water partition coefficient (Wildman–Crippen LogP) is 2.84. The molecular weight excluding hydrogens is 212 g/mol. The number of hydrogen-bond donors (Lipinski definition) is 0. The van der Waals surface area contributed by atoms with Gasteiger partial charge in [0.05, 0.1) is 12.1 Å². The molecule has 1 aliphatic heterocycles. The third-order valence-electron chi connectivity index (χ3n) is 2.29. The molecule has 0 saturated carbocycles. The van der Waals surface area contributed by atoms with Crippen LogP contribution in [0, 0.1) is 0 Å². The predicted molar refractivity (Wildman–Crippen MR) is 61.3 cm³/mol. The van der Waals surface area contributed by atoms with Crippen molar-refractivity contribution in [3.63, 3.8) is 0 Å². The second-order valence-corrected chi connectivity index (χ2v) is 3.82. The standard InChI is InChI=1S/C11H11ClN2O/c1-2-9-7-11(15)14(13-9)10-5-3-4-8(12)6-10/h3-6H,2,7H2,1H3. The molecule has 0 unspecified atom stereocenters. The summed E-state index contributed by atoms with van der Waals surface area (Å²) >= 11 is 5.85. The number of amides is 1. The van der Waals surface area contributed by atoms with Gasteiger partial charge in [0, 0.05) is 10.7 Å². The Kier molecular flexibility index (Phi) is 2.73. The second kappa shape index (κ2) is 4.03. The summed E-state index contributed by atoms with van der Waals surface area (Å²) in [6, 6.07) is 7.15. The van der Waals surface area contributed by atoms with Crippen LogP contribution >= 0.6 is 11.6 Å². The van der Waals surface area contributed by atoms with Crippen molar-refractivity contribution in [1.82, 2.24) is 0 Å². The largest absolute Gasteiger partial charge is 0.272 e. The number of anilines is 1. The second-order valence-electron chi connectivity index (χ2n) is 3.38. The Morgan fingerprint density at radius 1 is 1.53 bits per heavy atom. The van der Waals surface area contributed by atoms with Crippen LogP contribution < -0.4 is 5.01 Å². The van der Waals surface area contributed by atoms with E-state index < -0.39 is 0 Å². The molecule has 4 heteroatoms. The van der Waals surface area contributed by atoms with Crippen molar-refractivity contribution in [2.24, 2.45) is 5.10 Å². The molecule has 0 spiro atoms. The van der Waals surface area contributed by atoms with Gasteiger partial charge in [-0.05, 0) is 24.6 Å². The first kappa shape index (κ1) is 10.2. The van der Waals surface area contributed by atoms with Crippen molar-refractivity contribution in [1.29, 1.82) is 0 Å². The van der Waals surface area contributed by atoms with Gasteiger partial charge >= 0.3 is 0 Å². The van der Waals surface area contributed by atoms with Gasteiger partial charge in [0.25, 0.3) is 5.91 Å². The molecule has 0 aliphatic carbocycles. The zero-order valence-electron chi connectivity index (χ0n) is 8.40. The first-order valence-electron chi connectivity index (χ1n) is 4.85. The number of hydrogen-bond acceptors (Lipinski definition) is 2. The number of rotatable bonds is 2. The van der Waals surface area contributed by atoms with E-state index in [0.717, 1.165) is 17.8 Å². The minimum atomic E-state index is 0.00844. The topological polar surface area (TPSA) is 32.7 Å². The van der Waals surface area contributed by atoms with Crippen molar-refractivity contribution in [2.45, 2.75) is 19.8 Å². The van der Waals surface area contributed by atoms with Crippen LogP contribution in [0.1, 0.15) is 19.8 Å². The van der Waals surface area contributed by atoms with E-state index in [9.17, 15) is 4.79 Å². The monoisotopic (exact) mass is 222 g/mol. The number of carbonyl (C=O) groups excluding carboxylic acids is 1. The average Bonchev–Trinajstić information content (AvgIpc) is 2.60. The highest BCUT2D eigenvalue weighted by Gasteiger charge is 2.23. The molecule has 0 N–H and O–H groups in total. The van der Waals surface area contributed by atoms with Gasteiger partial charge in [-0.1, -0.05) is 24.6 Å². The van der Waals surface area contributed by atoms with Crippen molar-refractivity contribution < 1.29 is 4.79 Å². The van der Waals surface area contributed by atoms with Gasteiger partial charge in [-0.25, -0.2) is 5.01 Å². The lowest BCUT2D eigenvalue weighted by molar-refractivity contribution is -0.116. The van der Waals surface area contributed by atoms with Crippen LogP contribution in [0.3, 0.4) is 0 Å². The van der Waals surface area contributed by atoms with Gasteiger partial charge in [-0.3, -0.25) is 4.79 Å². The summed E-state index contributed by atoms with van der Waals surface area (Å²) in [5, 5.41) is 6.27. The third kappa shape index (κ3) is 2.02. The molecule has 0 fully saturated rings. The summed E-state index contributed by atoms with van der Waals surface area (Å²) in [7, 11) is 0. The molecule has 1 aliphatic rings. The molecule has 15 heavy (non-hydrogen) atoms. The average molecular weight is 223 g/mol. The molecule has 1 heterocycles. The van der Waals surface area contributed by atoms with Crippen molar-refractivity contribution in [3.05, 3.63) is 29.3 Å². The summed E-state index contributed by atoms with van der Waals surface area (Å²) in [5.74, 6) is 0.00844. The van der Waals surface area contributed by atoms with Crippen LogP contribution in [-0.2, 0) is 4.79 Å². The normalized spacial score (nSPS) is 15.7. The van der Waals surface area contributed by atoms with Gasteiger partial charge in [-0.15, -0.1) is 0 Å². The van der Waals surface area contributed by atoms with E-state index in [1.54, 1.807) is 12.1 Å². The highest BCUT2D eigenvalue weighted by Crippen LogP contribution is 2.23. The van der Waals surface area contributed by atoms with E-state index >= 15 is 0 Å². The zero-order chi connectivity index (χ0) is 10.8. The summed E-state index contributed by atoms with van der Waals surface area (Å²) < 4.78 is 0. The Balaban J connectivity index is 2.32. The van der Waals surface area contributed by atoms with E-state index in [2.05, 4.69) is 5.10 Å². The SMILES string of the molecule is CCC1=NN(c2cccc(Cl)c2)C(=O)C1. The summed E-state index contributed by atoms with van der Waals surface area (Å²) in [4.78, 5) is 11.6. The summed E-state index contributed by atoms with van der Waals surface area (Å²) in [6.45, 7) is 1.99. The van der Waals surface area contributed by atoms with Crippen LogP contribution in [0.25, 0.3) is 0 Å². The quantitative estimate of drug-likeness (QED) is 0.758. The summed E-state index contributed by atoms with van der Waals surface area (Å²) in [6.07, 6.45) is 1.23. The molecule has 78 valence electrons. The fourth-order valence-electron chi connectivity index (χ4n) is 1.49. The third-order valence-corrected chi connectivity index (χ3v) is 2.53. The van der Waals surface area contributed by atoms with Crippen LogP contribution in [0.15, 0.2) is 29.4 Å². The van der Waals surface area contributed by atoms with Crippen LogP contribution in [0.2, 0.25) is 5.02 Å². The van der Waals surface area contributed by atoms with E-state index in [1.807, 2.05) is 19.1 Å². The molecular formula is C11H11ClN2O. The maximum atomic E-state index is 11.6. The maximum absolute atomic E-state index is 11.6. The van der Waals surface area contributed by atoms with E-state index in [-0.39, 0.29) is 5.91 Å². The molecule has 1 amide bonds. The summed E-state index contributed by atoms with van der Waals surface area (Å²) in [5.41, 5.74) is 1.65. The molecule has 0 radical (unpaired) electrons. The molecule has 2 rings (SSSR count). The van der Waals surface area contributed by atoms with Gasteiger partial charge in [0.1, 0.15) is 0 Å². The maximum Gasteiger partial charge on any atom is 0.253 e. The zero-order valence-corrected chi connectivity index (χ0v) is 9.16. The minimum absolute atomic E-state index is 0.00844. The molecule has 1 aromatic rings. The van der Waals surface area contributed by atoms with E-state index in [4.69, 9.17) is 11.6 Å². The van der Waals surface area contributed by atoms with E-state index in [0.29, 0.717) is 11.4 Å². The molecule has 0 atom stereocenters. The van der Waals surface area contributed by atoms with E-state index in [1.165, 1.54) is 5.01 Å². The minimum Gasteiger partial charge on any atom is -0.272 e. The highest BCUT2D eigenvalue weighted by molar-refractivity contribution is 6.31. The Morgan fingerprint density at radius 3 is 2.93 bits per heavy atom. The number of carbonyl (C=O) groups is 1. The lowest BCUT2D eigenvalue weighted by Gasteiger charge is -2.11. The number of halogens is 1. The Morgan fingerprint density at radius 2 is 2.33 bits per heavy atom. The van der Waals surface area contributed by atoms with Crippen molar-refractivity contribution >= 4 is 28.9 Å². The van der Waals surface area contributed by atoms with Gasteiger partial charge < -0.3 is 0 Å². The molecule has 1 aromatic carbocycles. The lowest BCUT2D eigenvalue weighted by Crippen LogP contribution is -2.19. The first-order valence-corrected chi connectivity index (χ1v) is 5.23. The molecule has 3 nitrogen and oxygen atoms in total. The number of nitrogens with zero attached hydrogens (tertiary/aromatic N) is 2. The highest BCUT2D eigenvalue weighted by atomic mass is 35.5. The fraction of sp³-hybridized carbons (Fsp3) is 0.273. The van der Waals surface area contributed by atoms with Crippen LogP contribution in [-0.4, -0.2) is 11.6 Å². The lowest BCUT2D eigenvalue weighted by atomic mass is 10.2. The Bertz CT molecular complexity index is 428. The first-order chi connectivity index (χ1) is 7.20. The smallest absolute Gasteiger partial charge is 0.253 e.